The molecule has 0 aliphatic heterocycles. The van der Waals surface area contributed by atoms with Crippen LogP contribution in [-0.2, 0) is 17.9 Å². The largest absolute Gasteiger partial charge is 0.546 e. The van der Waals surface area contributed by atoms with Gasteiger partial charge >= 0.3 is 0 Å². The van der Waals surface area contributed by atoms with Crippen molar-refractivity contribution >= 4 is 12.2 Å². The van der Waals surface area contributed by atoms with E-state index in [1.165, 1.54) is 11.1 Å². The zero-order valence-corrected chi connectivity index (χ0v) is 15.4. The topological polar surface area (TPSA) is 65.0 Å². The number of hydrogen-bond acceptors (Lipinski definition) is 5. The molecule has 142 valence electrons. The molecule has 0 radical (unpaired) electrons. The van der Waals surface area contributed by atoms with Crippen LogP contribution in [0.4, 0.5) is 0 Å². The van der Waals surface area contributed by atoms with Gasteiger partial charge in [-0.25, -0.2) is 0 Å². The maximum Gasteiger partial charge on any atom is 0.128 e. The van der Waals surface area contributed by atoms with Gasteiger partial charge in [0.2, 0.25) is 0 Å². The average molecular weight is 373 g/mol. The summed E-state index contributed by atoms with van der Waals surface area (Å²) in [6.07, 6.45) is 1.79. The molecule has 0 aliphatic carbocycles. The lowest BCUT2D eigenvalue weighted by molar-refractivity contribution is -0.307. The summed E-state index contributed by atoms with van der Waals surface area (Å²) in [7, 11) is 0. The van der Waals surface area contributed by atoms with Gasteiger partial charge in [-0.05, 0) is 41.0 Å². The van der Waals surface area contributed by atoms with Crippen molar-refractivity contribution in [3.8, 4) is 5.75 Å². The molecule has 5 nitrogen and oxygen atoms in total. The summed E-state index contributed by atoms with van der Waals surface area (Å²) in [4.78, 5) is 10.5. The minimum Gasteiger partial charge on any atom is -0.546 e. The Bertz CT molecular complexity index is 853. The van der Waals surface area contributed by atoms with E-state index in [9.17, 15) is 9.90 Å². The molecule has 0 amide bonds. The maximum absolute atomic E-state index is 10.5. The molecular formula is C23H21N2O3-. The van der Waals surface area contributed by atoms with E-state index in [4.69, 9.17) is 4.74 Å². The predicted molar refractivity (Wildman–Crippen MR) is 107 cm³/mol. The molecule has 0 saturated carbocycles. The average Bonchev–Trinajstić information content (AvgIpc) is 2.73. The molecule has 0 spiro atoms. The molecule has 0 fully saturated rings. The van der Waals surface area contributed by atoms with Crippen LogP contribution in [0.25, 0.3) is 0 Å². The van der Waals surface area contributed by atoms with Crippen LogP contribution in [-0.4, -0.2) is 23.8 Å². The van der Waals surface area contributed by atoms with E-state index in [2.05, 4.69) is 29.4 Å². The van der Waals surface area contributed by atoms with Crippen LogP contribution in [0.15, 0.2) is 90.0 Å². The number of carboxylic acid groups (broad SMARTS) is 1. The second-order valence-electron chi connectivity index (χ2n) is 6.27. The first kappa shape index (κ1) is 19.2. The van der Waals surface area contributed by atoms with Crippen LogP contribution in [0, 0.1) is 0 Å². The van der Waals surface area contributed by atoms with Gasteiger partial charge in [0, 0.05) is 0 Å². The second kappa shape index (κ2) is 9.92. The third-order valence-corrected chi connectivity index (χ3v) is 4.02. The molecule has 5 heteroatoms. The molecule has 3 aromatic carbocycles. The van der Waals surface area contributed by atoms with Crippen molar-refractivity contribution in [2.24, 2.45) is 5.10 Å². The molecule has 0 saturated heterocycles. The molecule has 0 unspecified atom stereocenters. The quantitative estimate of drug-likeness (QED) is 0.427. The Kier molecular flexibility index (Phi) is 6.79. The van der Waals surface area contributed by atoms with E-state index < -0.39 is 12.6 Å². The number of rotatable bonds is 9. The highest BCUT2D eigenvalue weighted by atomic mass is 16.5. The van der Waals surface area contributed by atoms with Crippen LogP contribution < -0.4 is 9.84 Å². The first-order valence-electron chi connectivity index (χ1n) is 8.98. The van der Waals surface area contributed by atoms with E-state index in [1.807, 2.05) is 53.5 Å². The molecule has 3 aromatic rings. The Morgan fingerprint density at radius 2 is 1.39 bits per heavy atom. The van der Waals surface area contributed by atoms with Gasteiger partial charge in [-0.1, -0.05) is 60.7 Å². The van der Waals surface area contributed by atoms with Crippen molar-refractivity contribution in [1.82, 2.24) is 5.01 Å². The Hall–Kier alpha value is -3.60. The van der Waals surface area contributed by atoms with E-state index in [1.54, 1.807) is 18.3 Å². The van der Waals surface area contributed by atoms with Gasteiger partial charge in [0.1, 0.15) is 12.4 Å². The predicted octanol–water partition coefficient (Wildman–Crippen LogP) is 2.85. The smallest absolute Gasteiger partial charge is 0.128 e. The molecule has 28 heavy (non-hydrogen) atoms. The monoisotopic (exact) mass is 373 g/mol. The standard InChI is InChI=1S/C23H22N2O3/c26-23(27)18-28-22-13-11-19(12-14-22)15-24-25(16-20-7-3-1-4-8-20)17-21-9-5-2-6-10-21/h1-15H,16-18H2,(H,26,27)/p-1/b24-15-. The van der Waals surface area contributed by atoms with Crippen molar-refractivity contribution in [3.05, 3.63) is 102 Å². The summed E-state index contributed by atoms with van der Waals surface area (Å²) in [5.41, 5.74) is 3.26. The fraction of sp³-hybridized carbons (Fsp3) is 0.130. The van der Waals surface area contributed by atoms with Crippen molar-refractivity contribution in [1.29, 1.82) is 0 Å². The number of hydrazone groups is 1. The number of hydrogen-bond donors (Lipinski definition) is 0. The van der Waals surface area contributed by atoms with E-state index in [-0.39, 0.29) is 0 Å². The van der Waals surface area contributed by atoms with Crippen LogP contribution in [0.5, 0.6) is 5.75 Å². The molecular weight excluding hydrogens is 352 g/mol. The first-order chi connectivity index (χ1) is 13.7. The van der Waals surface area contributed by atoms with E-state index in [0.29, 0.717) is 18.8 Å². The van der Waals surface area contributed by atoms with Crippen molar-refractivity contribution in [2.75, 3.05) is 6.61 Å². The van der Waals surface area contributed by atoms with Crippen LogP contribution in [0.3, 0.4) is 0 Å². The summed E-state index contributed by atoms with van der Waals surface area (Å²) < 4.78 is 5.09. The number of benzene rings is 3. The number of ether oxygens (including phenoxy) is 1. The fourth-order valence-electron chi connectivity index (χ4n) is 2.67. The lowest BCUT2D eigenvalue weighted by Crippen LogP contribution is -2.28. The van der Waals surface area contributed by atoms with Crippen molar-refractivity contribution in [2.45, 2.75) is 13.1 Å². The second-order valence-corrected chi connectivity index (χ2v) is 6.27. The molecule has 0 bridgehead atoms. The number of aliphatic carboxylic acids is 1. The highest BCUT2D eigenvalue weighted by molar-refractivity contribution is 5.79. The summed E-state index contributed by atoms with van der Waals surface area (Å²) in [6, 6.07) is 27.5. The summed E-state index contributed by atoms with van der Waals surface area (Å²) >= 11 is 0. The van der Waals surface area contributed by atoms with Crippen molar-refractivity contribution < 1.29 is 14.6 Å². The van der Waals surface area contributed by atoms with Gasteiger partial charge in [0.25, 0.3) is 0 Å². The van der Waals surface area contributed by atoms with Gasteiger partial charge in [-0.15, -0.1) is 0 Å². The molecule has 0 N–H and O–H groups in total. The van der Waals surface area contributed by atoms with E-state index in [0.717, 1.165) is 5.56 Å². The number of carbonyl (C=O) groups excluding carboxylic acids is 1. The zero-order valence-electron chi connectivity index (χ0n) is 15.4. The zero-order chi connectivity index (χ0) is 19.6. The number of carbonyl (C=O) groups is 1. The highest BCUT2D eigenvalue weighted by Gasteiger charge is 2.04. The van der Waals surface area contributed by atoms with Crippen molar-refractivity contribution in [3.63, 3.8) is 0 Å². The highest BCUT2D eigenvalue weighted by Crippen LogP contribution is 2.13. The molecule has 0 heterocycles. The van der Waals surface area contributed by atoms with Gasteiger partial charge in [0.15, 0.2) is 0 Å². The van der Waals surface area contributed by atoms with Gasteiger partial charge < -0.3 is 14.6 Å². The summed E-state index contributed by atoms with van der Waals surface area (Å²) in [5, 5.41) is 17.1. The van der Waals surface area contributed by atoms with Crippen LogP contribution in [0.1, 0.15) is 16.7 Å². The molecule has 0 aromatic heterocycles. The minimum absolute atomic E-state index is 0.463. The number of carboxylic acids is 1. The first-order valence-corrected chi connectivity index (χ1v) is 8.98. The van der Waals surface area contributed by atoms with Crippen LogP contribution in [0.2, 0.25) is 0 Å². The fourth-order valence-corrected chi connectivity index (χ4v) is 2.67. The normalized spacial score (nSPS) is 10.7. The molecule has 3 rings (SSSR count). The summed E-state index contributed by atoms with van der Waals surface area (Å²) in [6.45, 7) is 0.924. The van der Waals surface area contributed by atoms with Crippen LogP contribution >= 0.6 is 0 Å². The Morgan fingerprint density at radius 1 is 0.857 bits per heavy atom. The third kappa shape index (κ3) is 6.29. The Morgan fingerprint density at radius 3 is 1.89 bits per heavy atom. The minimum atomic E-state index is -1.25. The lowest BCUT2D eigenvalue weighted by Gasteiger charge is -2.19. The van der Waals surface area contributed by atoms with Gasteiger partial charge in [-0.3, -0.25) is 5.01 Å². The van der Waals surface area contributed by atoms with E-state index >= 15 is 0 Å². The number of nitrogens with zero attached hydrogens (tertiary/aromatic N) is 2. The SMILES string of the molecule is O=C([O-])COc1ccc(/C=N\N(Cc2ccccc2)Cc2ccccc2)cc1. The summed E-state index contributed by atoms with van der Waals surface area (Å²) in [5.74, 6) is -0.769. The Balaban J connectivity index is 1.69. The third-order valence-electron chi connectivity index (χ3n) is 4.02. The maximum atomic E-state index is 10.5. The molecule has 0 atom stereocenters. The van der Waals surface area contributed by atoms with Gasteiger partial charge in [0.05, 0.1) is 25.3 Å². The Labute approximate surface area is 164 Å². The lowest BCUT2D eigenvalue weighted by atomic mass is 10.2. The molecule has 0 aliphatic rings. The van der Waals surface area contributed by atoms with Gasteiger partial charge in [-0.2, -0.15) is 5.10 Å².